The van der Waals surface area contributed by atoms with E-state index in [1.807, 2.05) is 0 Å². The fourth-order valence-electron chi connectivity index (χ4n) is 5.17. The lowest BCUT2D eigenvalue weighted by atomic mass is 9.88. The van der Waals surface area contributed by atoms with E-state index >= 15 is 0 Å². The first-order valence-corrected chi connectivity index (χ1v) is 12.2. The summed E-state index contributed by atoms with van der Waals surface area (Å²) in [5.41, 5.74) is 0. The van der Waals surface area contributed by atoms with E-state index in [0.29, 0.717) is 24.4 Å². The average molecular weight is 394 g/mol. The second-order valence-corrected chi connectivity index (χ2v) is 9.11. The summed E-state index contributed by atoms with van der Waals surface area (Å²) in [5.74, 6) is -0.243. The van der Waals surface area contributed by atoms with Gasteiger partial charge in [0.25, 0.3) is 0 Å². The summed E-state index contributed by atoms with van der Waals surface area (Å²) in [7, 11) is 0. The van der Waals surface area contributed by atoms with E-state index < -0.39 is 5.97 Å². The molecule has 0 radical (unpaired) electrons. The van der Waals surface area contributed by atoms with Crippen molar-refractivity contribution in [1.29, 1.82) is 0 Å². The summed E-state index contributed by atoms with van der Waals surface area (Å²) in [4.78, 5) is 25.9. The third kappa shape index (κ3) is 8.96. The minimum Gasteiger partial charge on any atom is -0.481 e. The molecule has 2 saturated carbocycles. The van der Waals surface area contributed by atoms with Crippen LogP contribution in [0.15, 0.2) is 0 Å². The molecule has 0 aromatic heterocycles. The van der Waals surface area contributed by atoms with Gasteiger partial charge in [0.15, 0.2) is 0 Å². The van der Waals surface area contributed by atoms with Crippen molar-refractivity contribution in [1.82, 2.24) is 4.90 Å². The topological polar surface area (TPSA) is 57.6 Å². The van der Waals surface area contributed by atoms with Crippen LogP contribution < -0.4 is 0 Å². The molecule has 2 fully saturated rings. The van der Waals surface area contributed by atoms with Gasteiger partial charge in [-0.15, -0.1) is 0 Å². The zero-order valence-electron chi connectivity index (χ0n) is 18.0. The van der Waals surface area contributed by atoms with Crippen LogP contribution in [0.5, 0.6) is 0 Å². The van der Waals surface area contributed by atoms with Crippen molar-refractivity contribution in [2.24, 2.45) is 0 Å². The van der Waals surface area contributed by atoms with Gasteiger partial charge in [0, 0.05) is 24.9 Å². The summed E-state index contributed by atoms with van der Waals surface area (Å²) in [6.45, 7) is 0. The standard InChI is InChI=1S/C24H43NO3/c26-23(19-13-5-3-1-2-4-6-14-20-24(27)28)25(21-15-9-7-10-16-21)22-17-11-8-12-18-22/h21-22H,1-20H2,(H,27,28). The monoisotopic (exact) mass is 393 g/mol. The number of nitrogens with zero attached hydrogens (tertiary/aromatic N) is 1. The number of rotatable bonds is 13. The van der Waals surface area contributed by atoms with E-state index in [0.717, 1.165) is 38.5 Å². The maximum atomic E-state index is 13.1. The van der Waals surface area contributed by atoms with Gasteiger partial charge in [-0.2, -0.15) is 0 Å². The number of carbonyl (C=O) groups excluding carboxylic acids is 1. The fraction of sp³-hybridized carbons (Fsp3) is 0.917. The molecule has 28 heavy (non-hydrogen) atoms. The van der Waals surface area contributed by atoms with Crippen LogP contribution in [0.3, 0.4) is 0 Å². The van der Waals surface area contributed by atoms with Gasteiger partial charge in [0.2, 0.25) is 5.91 Å². The van der Waals surface area contributed by atoms with Gasteiger partial charge in [0.1, 0.15) is 0 Å². The molecule has 1 amide bonds. The van der Waals surface area contributed by atoms with E-state index in [1.54, 1.807) is 0 Å². The van der Waals surface area contributed by atoms with Crippen molar-refractivity contribution in [3.63, 3.8) is 0 Å². The number of carboxylic acid groups (broad SMARTS) is 1. The predicted molar refractivity (Wildman–Crippen MR) is 114 cm³/mol. The molecular formula is C24H43NO3. The maximum absolute atomic E-state index is 13.1. The number of carboxylic acids is 1. The molecule has 0 saturated heterocycles. The van der Waals surface area contributed by atoms with Crippen molar-refractivity contribution in [3.05, 3.63) is 0 Å². The highest BCUT2D eigenvalue weighted by molar-refractivity contribution is 5.77. The van der Waals surface area contributed by atoms with Gasteiger partial charge in [-0.3, -0.25) is 9.59 Å². The molecule has 0 bridgehead atoms. The number of amides is 1. The predicted octanol–water partition coefficient (Wildman–Crippen LogP) is 6.47. The molecule has 2 aliphatic carbocycles. The van der Waals surface area contributed by atoms with Gasteiger partial charge in [-0.1, -0.05) is 77.0 Å². The van der Waals surface area contributed by atoms with E-state index in [2.05, 4.69) is 4.90 Å². The Bertz CT molecular complexity index is 421. The van der Waals surface area contributed by atoms with Gasteiger partial charge in [-0.25, -0.2) is 0 Å². The fourth-order valence-corrected chi connectivity index (χ4v) is 5.17. The molecule has 2 aliphatic rings. The van der Waals surface area contributed by atoms with Crippen LogP contribution in [-0.2, 0) is 9.59 Å². The molecule has 4 nitrogen and oxygen atoms in total. The molecule has 162 valence electrons. The smallest absolute Gasteiger partial charge is 0.303 e. The average Bonchev–Trinajstić information content (AvgIpc) is 2.71. The van der Waals surface area contributed by atoms with Gasteiger partial charge < -0.3 is 10.0 Å². The van der Waals surface area contributed by atoms with Crippen LogP contribution in [0.4, 0.5) is 0 Å². The number of aliphatic carboxylic acids is 1. The summed E-state index contributed by atoms with van der Waals surface area (Å²) in [5, 5.41) is 8.63. The second kappa shape index (κ2) is 14.0. The molecule has 0 unspecified atom stereocenters. The molecule has 0 heterocycles. The highest BCUT2D eigenvalue weighted by Gasteiger charge is 2.31. The molecule has 1 N–H and O–H groups in total. The highest BCUT2D eigenvalue weighted by atomic mass is 16.4. The zero-order chi connectivity index (χ0) is 20.0. The van der Waals surface area contributed by atoms with Crippen molar-refractivity contribution in [2.75, 3.05) is 0 Å². The van der Waals surface area contributed by atoms with Crippen molar-refractivity contribution in [3.8, 4) is 0 Å². The van der Waals surface area contributed by atoms with Crippen molar-refractivity contribution in [2.45, 2.75) is 141 Å². The van der Waals surface area contributed by atoms with Gasteiger partial charge >= 0.3 is 5.97 Å². The Morgan fingerprint density at radius 1 is 0.607 bits per heavy atom. The van der Waals surface area contributed by atoms with Gasteiger partial charge in [0.05, 0.1) is 0 Å². The Kier molecular flexibility index (Phi) is 11.6. The first-order chi connectivity index (χ1) is 13.7. The summed E-state index contributed by atoms with van der Waals surface area (Å²) < 4.78 is 0. The molecule has 0 spiro atoms. The molecule has 4 heteroatoms. The zero-order valence-corrected chi connectivity index (χ0v) is 18.0. The van der Waals surface area contributed by atoms with Crippen LogP contribution >= 0.6 is 0 Å². The van der Waals surface area contributed by atoms with Crippen molar-refractivity contribution >= 4 is 11.9 Å². The SMILES string of the molecule is O=C(O)CCCCCCCCCCC(=O)N(C1CCCCC1)C1CCCCC1. The van der Waals surface area contributed by atoms with E-state index in [9.17, 15) is 9.59 Å². The Morgan fingerprint density at radius 3 is 1.43 bits per heavy atom. The largest absolute Gasteiger partial charge is 0.481 e. The lowest BCUT2D eigenvalue weighted by Crippen LogP contribution is -2.48. The van der Waals surface area contributed by atoms with Crippen LogP contribution in [0.1, 0.15) is 128 Å². The molecule has 0 atom stereocenters. The minimum atomic E-state index is -0.680. The first-order valence-electron chi connectivity index (χ1n) is 12.2. The number of carbonyl (C=O) groups is 2. The summed E-state index contributed by atoms with van der Waals surface area (Å²) >= 11 is 0. The maximum Gasteiger partial charge on any atom is 0.303 e. The van der Waals surface area contributed by atoms with Gasteiger partial charge in [-0.05, 0) is 38.5 Å². The molecule has 2 rings (SSSR count). The quantitative estimate of drug-likeness (QED) is 0.365. The normalized spacial score (nSPS) is 18.9. The van der Waals surface area contributed by atoms with E-state index in [1.165, 1.54) is 83.5 Å². The Hall–Kier alpha value is -1.06. The first kappa shape index (κ1) is 23.2. The minimum absolute atomic E-state index is 0.306. The van der Waals surface area contributed by atoms with Crippen LogP contribution in [0.2, 0.25) is 0 Å². The summed E-state index contributed by atoms with van der Waals surface area (Å²) in [6.07, 6.45) is 22.6. The second-order valence-electron chi connectivity index (χ2n) is 9.11. The summed E-state index contributed by atoms with van der Waals surface area (Å²) in [6, 6.07) is 1.05. The lowest BCUT2D eigenvalue weighted by molar-refractivity contribution is -0.138. The highest BCUT2D eigenvalue weighted by Crippen LogP contribution is 2.31. The number of hydrogen-bond acceptors (Lipinski definition) is 2. The van der Waals surface area contributed by atoms with Crippen molar-refractivity contribution < 1.29 is 14.7 Å². The van der Waals surface area contributed by atoms with E-state index in [4.69, 9.17) is 5.11 Å². The van der Waals surface area contributed by atoms with Crippen LogP contribution in [0.25, 0.3) is 0 Å². The molecule has 0 aliphatic heterocycles. The molecule has 0 aromatic rings. The van der Waals surface area contributed by atoms with Crippen LogP contribution in [0, 0.1) is 0 Å². The third-order valence-corrected chi connectivity index (χ3v) is 6.76. The Morgan fingerprint density at radius 2 is 1.00 bits per heavy atom. The number of hydrogen-bond donors (Lipinski definition) is 1. The third-order valence-electron chi connectivity index (χ3n) is 6.76. The Balaban J connectivity index is 1.61. The van der Waals surface area contributed by atoms with Crippen LogP contribution in [-0.4, -0.2) is 34.0 Å². The molecule has 0 aromatic carbocycles. The lowest BCUT2D eigenvalue weighted by Gasteiger charge is -2.42. The van der Waals surface area contributed by atoms with E-state index in [-0.39, 0.29) is 0 Å². The number of unbranched alkanes of at least 4 members (excludes halogenated alkanes) is 7. The molecular weight excluding hydrogens is 350 g/mol. The Labute approximate surface area is 172 Å².